The smallest absolute Gasteiger partial charge is 0.261 e. The Labute approximate surface area is 128 Å². The van der Waals surface area contributed by atoms with Crippen molar-refractivity contribution in [1.29, 1.82) is 0 Å². The molecule has 2 heterocycles. The molecule has 0 bridgehead atoms. The first-order valence-corrected chi connectivity index (χ1v) is 7.51. The molecule has 1 atom stereocenters. The summed E-state index contributed by atoms with van der Waals surface area (Å²) >= 11 is 0. The van der Waals surface area contributed by atoms with Crippen molar-refractivity contribution in [2.75, 3.05) is 13.2 Å². The summed E-state index contributed by atoms with van der Waals surface area (Å²) in [5.74, 6) is 0.583. The number of carbonyl (C=O) groups excluding carboxylic acids is 1. The number of nitrogens with zero attached hydrogens (tertiary/aromatic N) is 2. The molecule has 1 aliphatic rings. The molecule has 0 spiro atoms. The summed E-state index contributed by atoms with van der Waals surface area (Å²) in [7, 11) is 1.71. The van der Waals surface area contributed by atoms with Crippen LogP contribution in [0, 0.1) is 0 Å². The zero-order valence-corrected chi connectivity index (χ0v) is 12.5. The third kappa shape index (κ3) is 2.87. The van der Waals surface area contributed by atoms with Gasteiger partial charge in [0.1, 0.15) is 11.9 Å². The number of benzene rings is 1. The van der Waals surface area contributed by atoms with Crippen LogP contribution in [0.15, 0.2) is 29.1 Å². The van der Waals surface area contributed by atoms with Crippen molar-refractivity contribution in [1.82, 2.24) is 14.9 Å². The van der Waals surface area contributed by atoms with Crippen LogP contribution in [0.1, 0.15) is 18.7 Å². The quantitative estimate of drug-likeness (QED) is 0.905. The van der Waals surface area contributed by atoms with E-state index in [-0.39, 0.29) is 17.6 Å². The molecule has 1 unspecified atom stereocenters. The Morgan fingerprint density at radius 3 is 3.05 bits per heavy atom. The van der Waals surface area contributed by atoms with Crippen molar-refractivity contribution in [3.8, 4) is 0 Å². The van der Waals surface area contributed by atoms with Gasteiger partial charge < -0.3 is 10.1 Å². The molecule has 1 N–H and O–H groups in total. The van der Waals surface area contributed by atoms with Gasteiger partial charge in [0.05, 0.1) is 10.9 Å². The minimum absolute atomic E-state index is 0.0638. The second-order valence-electron chi connectivity index (χ2n) is 5.45. The van der Waals surface area contributed by atoms with E-state index in [1.165, 1.54) is 0 Å². The predicted molar refractivity (Wildman–Crippen MR) is 82.7 cm³/mol. The molecule has 1 aliphatic heterocycles. The fourth-order valence-electron chi connectivity index (χ4n) is 2.68. The zero-order valence-electron chi connectivity index (χ0n) is 12.5. The second-order valence-corrected chi connectivity index (χ2v) is 5.45. The fourth-order valence-corrected chi connectivity index (χ4v) is 2.68. The number of rotatable bonds is 4. The summed E-state index contributed by atoms with van der Waals surface area (Å²) in [4.78, 5) is 28.7. The number of amides is 1. The first-order valence-electron chi connectivity index (χ1n) is 7.51. The molecule has 1 aromatic heterocycles. The van der Waals surface area contributed by atoms with E-state index in [0.29, 0.717) is 36.3 Å². The van der Waals surface area contributed by atoms with Crippen molar-refractivity contribution in [2.45, 2.75) is 25.4 Å². The third-order valence-electron chi connectivity index (χ3n) is 3.95. The summed E-state index contributed by atoms with van der Waals surface area (Å²) in [6, 6.07) is 7.28. The van der Waals surface area contributed by atoms with Crippen LogP contribution in [-0.2, 0) is 23.0 Å². The van der Waals surface area contributed by atoms with E-state index in [2.05, 4.69) is 10.3 Å². The zero-order chi connectivity index (χ0) is 15.5. The Hall–Kier alpha value is -2.21. The number of hydrogen-bond acceptors (Lipinski definition) is 4. The van der Waals surface area contributed by atoms with Crippen LogP contribution in [0.3, 0.4) is 0 Å². The molecule has 0 saturated carbocycles. The molecule has 6 heteroatoms. The molecule has 6 nitrogen and oxygen atoms in total. The molecule has 0 radical (unpaired) electrons. The third-order valence-corrected chi connectivity index (χ3v) is 3.95. The Bertz CT molecular complexity index is 748. The van der Waals surface area contributed by atoms with Gasteiger partial charge in [-0.05, 0) is 25.0 Å². The van der Waals surface area contributed by atoms with E-state index >= 15 is 0 Å². The molecule has 1 fully saturated rings. The van der Waals surface area contributed by atoms with Gasteiger partial charge in [0, 0.05) is 26.6 Å². The molecule has 22 heavy (non-hydrogen) atoms. The molecule has 0 aliphatic carbocycles. The summed E-state index contributed by atoms with van der Waals surface area (Å²) in [5, 5.41) is 3.46. The van der Waals surface area contributed by atoms with Gasteiger partial charge in [-0.15, -0.1) is 0 Å². The highest BCUT2D eigenvalue weighted by Crippen LogP contribution is 2.11. The van der Waals surface area contributed by atoms with Crippen LogP contribution >= 0.6 is 0 Å². The fraction of sp³-hybridized carbons (Fsp3) is 0.438. The number of nitrogens with one attached hydrogen (secondary N) is 1. The number of fused-ring (bicyclic) bond motifs is 1. The number of aromatic nitrogens is 2. The summed E-state index contributed by atoms with van der Waals surface area (Å²) in [5.41, 5.74) is 0.622. The highest BCUT2D eigenvalue weighted by Gasteiger charge is 2.23. The number of ether oxygens (including phenoxy) is 1. The Morgan fingerprint density at radius 1 is 1.45 bits per heavy atom. The van der Waals surface area contributed by atoms with Crippen molar-refractivity contribution >= 4 is 16.8 Å². The molecular weight excluding hydrogens is 282 g/mol. The average Bonchev–Trinajstić information content (AvgIpc) is 3.06. The topological polar surface area (TPSA) is 73.2 Å². The molecular formula is C16H19N3O3. The van der Waals surface area contributed by atoms with Crippen molar-refractivity contribution in [2.24, 2.45) is 7.05 Å². The lowest BCUT2D eigenvalue weighted by atomic mass is 10.2. The maximum atomic E-state index is 12.3. The highest BCUT2D eigenvalue weighted by atomic mass is 16.5. The standard InChI is InChI=1S/C16H19N3O3/c1-19-14(8-9-17-15(20)13-7-4-10-22-13)18-12-6-3-2-5-11(12)16(19)21/h2-3,5-6,13H,4,7-10H2,1H3,(H,17,20). The highest BCUT2D eigenvalue weighted by molar-refractivity contribution is 5.81. The summed E-state index contributed by atoms with van der Waals surface area (Å²) < 4.78 is 6.88. The lowest BCUT2D eigenvalue weighted by Gasteiger charge is -2.12. The SMILES string of the molecule is Cn1c(CCNC(=O)C2CCCO2)nc2ccccc2c1=O. The largest absolute Gasteiger partial charge is 0.368 e. The number of para-hydroxylation sites is 1. The van der Waals surface area contributed by atoms with Gasteiger partial charge in [-0.3, -0.25) is 14.2 Å². The van der Waals surface area contributed by atoms with E-state index in [4.69, 9.17) is 4.74 Å². The van der Waals surface area contributed by atoms with Crippen molar-refractivity contribution < 1.29 is 9.53 Å². The maximum absolute atomic E-state index is 12.3. The van der Waals surface area contributed by atoms with Crippen LogP contribution in [0.4, 0.5) is 0 Å². The van der Waals surface area contributed by atoms with Crippen molar-refractivity contribution in [3.05, 3.63) is 40.4 Å². The molecule has 116 valence electrons. The van der Waals surface area contributed by atoms with Crippen LogP contribution in [-0.4, -0.2) is 34.7 Å². The normalized spacial score (nSPS) is 17.8. The number of carbonyl (C=O) groups is 1. The minimum atomic E-state index is -0.326. The first-order chi connectivity index (χ1) is 10.7. The van der Waals surface area contributed by atoms with E-state index < -0.39 is 0 Å². The molecule has 3 rings (SSSR count). The van der Waals surface area contributed by atoms with Gasteiger partial charge in [-0.1, -0.05) is 12.1 Å². The van der Waals surface area contributed by atoms with Crippen LogP contribution in [0.5, 0.6) is 0 Å². The summed E-state index contributed by atoms with van der Waals surface area (Å²) in [6.07, 6.45) is 1.89. The lowest BCUT2D eigenvalue weighted by Crippen LogP contribution is -2.36. The lowest BCUT2D eigenvalue weighted by molar-refractivity contribution is -0.130. The van der Waals surface area contributed by atoms with Gasteiger partial charge in [0.25, 0.3) is 5.56 Å². The van der Waals surface area contributed by atoms with E-state index in [1.54, 1.807) is 17.7 Å². The second kappa shape index (κ2) is 6.27. The maximum Gasteiger partial charge on any atom is 0.261 e. The average molecular weight is 301 g/mol. The number of hydrogen-bond donors (Lipinski definition) is 1. The van der Waals surface area contributed by atoms with Crippen LogP contribution < -0.4 is 10.9 Å². The van der Waals surface area contributed by atoms with E-state index in [0.717, 1.165) is 12.8 Å². The van der Waals surface area contributed by atoms with E-state index in [1.807, 2.05) is 18.2 Å². The van der Waals surface area contributed by atoms with Gasteiger partial charge in [0.2, 0.25) is 5.91 Å². The Morgan fingerprint density at radius 2 is 2.27 bits per heavy atom. The Balaban J connectivity index is 1.70. The minimum Gasteiger partial charge on any atom is -0.368 e. The molecule has 1 amide bonds. The van der Waals surface area contributed by atoms with Gasteiger partial charge >= 0.3 is 0 Å². The molecule has 1 aromatic carbocycles. The molecule has 1 saturated heterocycles. The predicted octanol–water partition coefficient (Wildman–Crippen LogP) is 0.771. The van der Waals surface area contributed by atoms with Gasteiger partial charge in [-0.2, -0.15) is 0 Å². The molecule has 2 aromatic rings. The van der Waals surface area contributed by atoms with Crippen LogP contribution in [0.25, 0.3) is 10.9 Å². The van der Waals surface area contributed by atoms with Crippen molar-refractivity contribution in [3.63, 3.8) is 0 Å². The Kier molecular flexibility index (Phi) is 4.20. The first kappa shape index (κ1) is 14.7. The van der Waals surface area contributed by atoms with Gasteiger partial charge in [-0.25, -0.2) is 4.98 Å². The summed E-state index contributed by atoms with van der Waals surface area (Å²) in [6.45, 7) is 1.09. The van der Waals surface area contributed by atoms with Crippen LogP contribution in [0.2, 0.25) is 0 Å². The monoisotopic (exact) mass is 301 g/mol. The van der Waals surface area contributed by atoms with Gasteiger partial charge in [0.15, 0.2) is 0 Å². The van der Waals surface area contributed by atoms with E-state index in [9.17, 15) is 9.59 Å².